The summed E-state index contributed by atoms with van der Waals surface area (Å²) in [4.78, 5) is 19.1. The lowest BCUT2D eigenvalue weighted by atomic mass is 10.3. The van der Waals surface area contributed by atoms with E-state index >= 15 is 0 Å². The molecule has 0 saturated heterocycles. The summed E-state index contributed by atoms with van der Waals surface area (Å²) in [6.07, 6.45) is 1.94. The number of cyclic esters (lactones) is 1. The van der Waals surface area contributed by atoms with Crippen LogP contribution >= 0.6 is 34.4 Å². The van der Waals surface area contributed by atoms with E-state index in [0.717, 1.165) is 14.7 Å². The van der Waals surface area contributed by atoms with Gasteiger partial charge in [0.2, 0.25) is 5.90 Å². The van der Waals surface area contributed by atoms with Crippen LogP contribution in [0.25, 0.3) is 4.91 Å². The minimum atomic E-state index is -0.374. The molecule has 0 saturated carbocycles. The molecule has 1 aliphatic rings. The van der Waals surface area contributed by atoms with Gasteiger partial charge in [-0.15, -0.1) is 34.4 Å². The van der Waals surface area contributed by atoms with Crippen molar-refractivity contribution >= 4 is 51.2 Å². The Kier molecular flexibility index (Phi) is 3.54. The number of ether oxygens (including phenoxy) is 1. The second-order valence-electron chi connectivity index (χ2n) is 3.64. The number of rotatable bonds is 3. The summed E-state index contributed by atoms with van der Waals surface area (Å²) in [5, 5.41) is 3.92. The topological polar surface area (TPSA) is 38.7 Å². The quantitative estimate of drug-likeness (QED) is 0.639. The van der Waals surface area contributed by atoms with E-state index in [9.17, 15) is 4.79 Å². The number of hydrogen-bond acceptors (Lipinski definition) is 6. The molecule has 0 aliphatic carbocycles. The highest BCUT2D eigenvalue weighted by atomic mass is 32.2. The van der Waals surface area contributed by atoms with Gasteiger partial charge in [-0.2, -0.15) is 0 Å². The molecule has 3 rings (SSSR count). The van der Waals surface area contributed by atoms with Crippen molar-refractivity contribution < 1.29 is 9.53 Å². The summed E-state index contributed by atoms with van der Waals surface area (Å²) < 4.78 is 5.25. The van der Waals surface area contributed by atoms with Crippen LogP contribution in [0, 0.1) is 0 Å². The van der Waals surface area contributed by atoms with Gasteiger partial charge in [0, 0.05) is 4.88 Å². The van der Waals surface area contributed by atoms with Gasteiger partial charge in [-0.25, -0.2) is 9.79 Å². The van der Waals surface area contributed by atoms with Crippen molar-refractivity contribution in [3.63, 3.8) is 0 Å². The zero-order valence-corrected chi connectivity index (χ0v) is 12.4. The van der Waals surface area contributed by atoms with Crippen molar-refractivity contribution in [3.05, 3.63) is 50.5 Å². The Bertz CT molecular complexity index is 654. The van der Waals surface area contributed by atoms with Gasteiger partial charge in [-0.1, -0.05) is 12.1 Å². The number of thioether (sulfide) groups is 1. The van der Waals surface area contributed by atoms with Crippen LogP contribution in [-0.2, 0) is 9.53 Å². The lowest BCUT2D eigenvalue weighted by Crippen LogP contribution is -2.04. The smallest absolute Gasteiger partial charge is 0.365 e. The third-order valence-corrected chi connectivity index (χ3v) is 5.19. The molecule has 3 heterocycles. The maximum absolute atomic E-state index is 12.0. The third-order valence-electron chi connectivity index (χ3n) is 2.49. The fraction of sp³-hybridized carbons (Fsp3) is 0.0769. The molecule has 1 aliphatic heterocycles. The summed E-state index contributed by atoms with van der Waals surface area (Å²) in [6.45, 7) is 0. The van der Waals surface area contributed by atoms with Crippen LogP contribution in [0.2, 0.25) is 0 Å². The van der Waals surface area contributed by atoms with Gasteiger partial charge in [0.25, 0.3) is 0 Å². The Morgan fingerprint density at radius 1 is 1.26 bits per heavy atom. The van der Waals surface area contributed by atoms with Crippen LogP contribution in [0.3, 0.4) is 0 Å². The third kappa shape index (κ3) is 2.39. The van der Waals surface area contributed by atoms with Crippen LogP contribution in [0.15, 0.2) is 45.7 Å². The number of carbonyl (C=O) groups is 1. The molecule has 3 nitrogen and oxygen atoms in total. The molecule has 0 aromatic carbocycles. The molecule has 0 amide bonds. The average molecular weight is 307 g/mol. The normalized spacial score (nSPS) is 17.3. The van der Waals surface area contributed by atoms with Crippen molar-refractivity contribution in [2.45, 2.75) is 0 Å². The van der Waals surface area contributed by atoms with Crippen molar-refractivity contribution in [3.8, 4) is 0 Å². The van der Waals surface area contributed by atoms with Gasteiger partial charge in [0.1, 0.15) is 0 Å². The number of nitrogens with zero attached hydrogens (tertiary/aromatic N) is 1. The van der Waals surface area contributed by atoms with Gasteiger partial charge >= 0.3 is 5.97 Å². The molecule has 2 aromatic heterocycles. The highest BCUT2D eigenvalue weighted by molar-refractivity contribution is 8.07. The molecule has 96 valence electrons. The Morgan fingerprint density at radius 2 is 2.05 bits per heavy atom. The fourth-order valence-corrected chi connectivity index (χ4v) is 3.98. The predicted octanol–water partition coefficient (Wildman–Crippen LogP) is 3.84. The molecule has 0 spiro atoms. The van der Waals surface area contributed by atoms with Crippen molar-refractivity contribution in [1.82, 2.24) is 0 Å². The second kappa shape index (κ2) is 5.32. The molecule has 0 fully saturated rings. The molecule has 0 bridgehead atoms. The number of thiophene rings is 2. The van der Waals surface area contributed by atoms with E-state index in [4.69, 9.17) is 4.74 Å². The Hall–Kier alpha value is -1.37. The molecule has 0 atom stereocenters. The van der Waals surface area contributed by atoms with Gasteiger partial charge in [-0.3, -0.25) is 0 Å². The Morgan fingerprint density at radius 3 is 2.68 bits per heavy atom. The van der Waals surface area contributed by atoms with E-state index < -0.39 is 0 Å². The van der Waals surface area contributed by atoms with Crippen molar-refractivity contribution in [2.75, 3.05) is 6.26 Å². The van der Waals surface area contributed by atoms with Gasteiger partial charge in [-0.05, 0) is 29.1 Å². The predicted molar refractivity (Wildman–Crippen MR) is 81.7 cm³/mol. The second-order valence-corrected chi connectivity index (χ2v) is 6.35. The standard InChI is InChI=1S/C13H9NO2S3/c1-17-11(8-4-2-6-18-8)10-13(15)16-12(14-10)9-5-3-7-19-9/h2-7H,1H3/b11-10+. The van der Waals surface area contributed by atoms with E-state index in [1.165, 1.54) is 23.1 Å². The highest BCUT2D eigenvalue weighted by Gasteiger charge is 2.28. The Labute approximate surface area is 122 Å². The molecular formula is C13H9NO2S3. The van der Waals surface area contributed by atoms with Crippen LogP contribution < -0.4 is 0 Å². The van der Waals surface area contributed by atoms with E-state index in [2.05, 4.69) is 4.99 Å². The summed E-state index contributed by atoms with van der Waals surface area (Å²) in [5.41, 5.74) is 0.401. The highest BCUT2D eigenvalue weighted by Crippen LogP contribution is 2.35. The first kappa shape index (κ1) is 12.7. The SMILES string of the molecule is CS/C(=C1/N=C(c2cccs2)OC1=O)c1cccs1. The van der Waals surface area contributed by atoms with Crippen molar-refractivity contribution in [1.29, 1.82) is 0 Å². The van der Waals surface area contributed by atoms with E-state index in [-0.39, 0.29) is 5.97 Å². The monoisotopic (exact) mass is 307 g/mol. The summed E-state index contributed by atoms with van der Waals surface area (Å²) >= 11 is 4.61. The number of aliphatic imine (C=N–C) groups is 1. The number of esters is 1. The first-order valence-corrected chi connectivity index (χ1v) is 8.45. The van der Waals surface area contributed by atoms with Gasteiger partial charge < -0.3 is 4.74 Å². The average Bonchev–Trinajstić information content (AvgIpc) is 3.11. The first-order chi connectivity index (χ1) is 9.29. The summed E-state index contributed by atoms with van der Waals surface area (Å²) in [5.74, 6) is 0.0271. The molecule has 0 radical (unpaired) electrons. The minimum absolute atomic E-state index is 0.374. The summed E-state index contributed by atoms with van der Waals surface area (Å²) in [7, 11) is 0. The lowest BCUT2D eigenvalue weighted by molar-refractivity contribution is -0.129. The van der Waals surface area contributed by atoms with Gasteiger partial charge in [0.15, 0.2) is 5.70 Å². The first-order valence-electron chi connectivity index (χ1n) is 5.46. The zero-order valence-electron chi connectivity index (χ0n) is 9.95. The summed E-state index contributed by atoms with van der Waals surface area (Å²) in [6, 6.07) is 7.74. The molecular weight excluding hydrogens is 298 g/mol. The van der Waals surface area contributed by atoms with E-state index in [0.29, 0.717) is 11.6 Å². The fourth-order valence-electron chi connectivity index (χ4n) is 1.68. The van der Waals surface area contributed by atoms with Crippen LogP contribution in [-0.4, -0.2) is 18.1 Å². The largest absolute Gasteiger partial charge is 0.401 e. The van der Waals surface area contributed by atoms with Crippen molar-refractivity contribution in [2.24, 2.45) is 4.99 Å². The number of hydrogen-bond donors (Lipinski definition) is 0. The zero-order chi connectivity index (χ0) is 13.2. The molecule has 2 aromatic rings. The van der Waals surface area contributed by atoms with Crippen LogP contribution in [0.4, 0.5) is 0 Å². The molecule has 0 N–H and O–H groups in total. The Balaban J connectivity index is 2.06. The van der Waals surface area contributed by atoms with E-state index in [1.807, 2.05) is 41.3 Å². The minimum Gasteiger partial charge on any atom is -0.401 e. The van der Waals surface area contributed by atoms with Crippen LogP contribution in [0.5, 0.6) is 0 Å². The molecule has 0 unspecified atom stereocenters. The maximum Gasteiger partial charge on any atom is 0.365 e. The molecule has 19 heavy (non-hydrogen) atoms. The molecule has 6 heteroatoms. The number of carbonyl (C=O) groups excluding carboxylic acids is 1. The lowest BCUT2D eigenvalue weighted by Gasteiger charge is -2.00. The van der Waals surface area contributed by atoms with Crippen LogP contribution in [0.1, 0.15) is 9.75 Å². The van der Waals surface area contributed by atoms with E-state index in [1.54, 1.807) is 11.3 Å². The maximum atomic E-state index is 12.0. The van der Waals surface area contributed by atoms with Gasteiger partial charge in [0.05, 0.1) is 9.78 Å².